The third-order valence-corrected chi connectivity index (χ3v) is 3.45. The maximum absolute atomic E-state index is 10.1. The van der Waals surface area contributed by atoms with Crippen molar-refractivity contribution in [1.82, 2.24) is 0 Å². The van der Waals surface area contributed by atoms with Crippen LogP contribution in [-0.2, 0) is 4.74 Å². The molecule has 0 fully saturated rings. The van der Waals surface area contributed by atoms with E-state index in [0.29, 0.717) is 5.92 Å². The van der Waals surface area contributed by atoms with Gasteiger partial charge in [0.25, 0.3) is 0 Å². The summed E-state index contributed by atoms with van der Waals surface area (Å²) in [6.45, 7) is 9.65. The Morgan fingerprint density at radius 3 is 2.60 bits per heavy atom. The zero-order valence-electron chi connectivity index (χ0n) is 10.4. The standard InChI is InChI=1S/C13H24O2/c1-10(13(2,3)4)8-12(14)11-6-5-7-15-9-11/h9-10,12,14H,5-8H2,1-4H3. The molecule has 2 heteroatoms. The summed E-state index contributed by atoms with van der Waals surface area (Å²) in [7, 11) is 0. The van der Waals surface area contributed by atoms with Crippen molar-refractivity contribution in [2.24, 2.45) is 11.3 Å². The second-order valence-corrected chi connectivity index (χ2v) is 5.69. The van der Waals surface area contributed by atoms with Gasteiger partial charge in [-0.1, -0.05) is 27.7 Å². The van der Waals surface area contributed by atoms with Crippen molar-refractivity contribution in [3.8, 4) is 0 Å². The maximum atomic E-state index is 10.1. The van der Waals surface area contributed by atoms with E-state index in [1.54, 1.807) is 6.26 Å². The van der Waals surface area contributed by atoms with E-state index >= 15 is 0 Å². The summed E-state index contributed by atoms with van der Waals surface area (Å²) in [6, 6.07) is 0. The third kappa shape index (κ3) is 3.86. The number of ether oxygens (including phenoxy) is 1. The number of rotatable bonds is 3. The Hall–Kier alpha value is -0.500. The van der Waals surface area contributed by atoms with Gasteiger partial charge in [0.1, 0.15) is 0 Å². The summed E-state index contributed by atoms with van der Waals surface area (Å²) >= 11 is 0. The van der Waals surface area contributed by atoms with Crippen molar-refractivity contribution in [3.05, 3.63) is 11.8 Å². The Bertz CT molecular complexity index is 225. The van der Waals surface area contributed by atoms with Crippen LogP contribution in [0.1, 0.15) is 47.0 Å². The summed E-state index contributed by atoms with van der Waals surface area (Å²) in [5, 5.41) is 10.1. The molecule has 0 radical (unpaired) electrons. The highest BCUT2D eigenvalue weighted by Crippen LogP contribution is 2.31. The average molecular weight is 212 g/mol. The van der Waals surface area contributed by atoms with Gasteiger partial charge < -0.3 is 9.84 Å². The Kier molecular flexibility index (Phi) is 4.21. The van der Waals surface area contributed by atoms with Crippen molar-refractivity contribution in [1.29, 1.82) is 0 Å². The minimum atomic E-state index is -0.320. The molecule has 0 aromatic heterocycles. The predicted octanol–water partition coefficient (Wildman–Crippen LogP) is 3.11. The van der Waals surface area contributed by atoms with E-state index in [0.717, 1.165) is 31.4 Å². The molecule has 0 spiro atoms. The number of hydrogen-bond acceptors (Lipinski definition) is 2. The zero-order chi connectivity index (χ0) is 11.5. The first-order valence-corrected chi connectivity index (χ1v) is 5.90. The quantitative estimate of drug-likeness (QED) is 0.779. The van der Waals surface area contributed by atoms with Crippen LogP contribution in [0.2, 0.25) is 0 Å². The lowest BCUT2D eigenvalue weighted by Gasteiger charge is -2.30. The predicted molar refractivity (Wildman–Crippen MR) is 62.5 cm³/mol. The van der Waals surface area contributed by atoms with Crippen LogP contribution in [0, 0.1) is 11.3 Å². The van der Waals surface area contributed by atoms with Gasteiger partial charge in [-0.2, -0.15) is 0 Å². The van der Waals surface area contributed by atoms with Crippen LogP contribution >= 0.6 is 0 Å². The first-order valence-electron chi connectivity index (χ1n) is 5.90. The average Bonchev–Trinajstić information content (AvgIpc) is 2.17. The molecule has 1 aliphatic heterocycles. The Morgan fingerprint density at radius 2 is 2.13 bits per heavy atom. The fourth-order valence-electron chi connectivity index (χ4n) is 1.67. The minimum absolute atomic E-state index is 0.261. The fourth-order valence-corrected chi connectivity index (χ4v) is 1.67. The van der Waals surface area contributed by atoms with Crippen LogP contribution in [0.25, 0.3) is 0 Å². The highest BCUT2D eigenvalue weighted by Gasteiger charge is 2.24. The van der Waals surface area contributed by atoms with E-state index in [-0.39, 0.29) is 11.5 Å². The fraction of sp³-hybridized carbons (Fsp3) is 0.846. The normalized spacial score (nSPS) is 21.5. The van der Waals surface area contributed by atoms with Gasteiger partial charge in [0.05, 0.1) is 19.0 Å². The topological polar surface area (TPSA) is 29.5 Å². The first-order chi connectivity index (χ1) is 6.91. The molecule has 88 valence electrons. The molecular weight excluding hydrogens is 188 g/mol. The van der Waals surface area contributed by atoms with E-state index in [1.807, 2.05) is 0 Å². The maximum Gasteiger partial charge on any atom is 0.0876 e. The molecule has 0 aliphatic carbocycles. The largest absolute Gasteiger partial charge is 0.501 e. The van der Waals surface area contributed by atoms with E-state index in [2.05, 4.69) is 27.7 Å². The van der Waals surface area contributed by atoms with Gasteiger partial charge in [-0.25, -0.2) is 0 Å². The van der Waals surface area contributed by atoms with Crippen LogP contribution in [0.4, 0.5) is 0 Å². The number of aliphatic hydroxyl groups excluding tert-OH is 1. The second-order valence-electron chi connectivity index (χ2n) is 5.69. The van der Waals surface area contributed by atoms with Gasteiger partial charge >= 0.3 is 0 Å². The summed E-state index contributed by atoms with van der Waals surface area (Å²) in [6.07, 6.45) is 4.28. The summed E-state index contributed by atoms with van der Waals surface area (Å²) in [5.74, 6) is 0.510. The molecule has 1 N–H and O–H groups in total. The lowest BCUT2D eigenvalue weighted by Crippen LogP contribution is -2.24. The molecule has 2 nitrogen and oxygen atoms in total. The van der Waals surface area contributed by atoms with Gasteiger partial charge in [-0.15, -0.1) is 0 Å². The molecule has 0 aromatic carbocycles. The first kappa shape index (κ1) is 12.6. The monoisotopic (exact) mass is 212 g/mol. The highest BCUT2D eigenvalue weighted by molar-refractivity contribution is 5.07. The molecule has 0 amide bonds. The highest BCUT2D eigenvalue weighted by atomic mass is 16.5. The lowest BCUT2D eigenvalue weighted by molar-refractivity contribution is 0.119. The van der Waals surface area contributed by atoms with Crippen molar-refractivity contribution in [2.75, 3.05) is 6.61 Å². The van der Waals surface area contributed by atoms with Crippen LogP contribution < -0.4 is 0 Å². The summed E-state index contributed by atoms with van der Waals surface area (Å²) < 4.78 is 5.25. The van der Waals surface area contributed by atoms with E-state index in [1.165, 1.54) is 0 Å². The van der Waals surface area contributed by atoms with E-state index in [4.69, 9.17) is 4.74 Å². The number of aliphatic hydroxyl groups is 1. The lowest BCUT2D eigenvalue weighted by atomic mass is 9.78. The second kappa shape index (κ2) is 5.02. The van der Waals surface area contributed by atoms with Gasteiger partial charge in [-0.3, -0.25) is 0 Å². The zero-order valence-corrected chi connectivity index (χ0v) is 10.4. The van der Waals surface area contributed by atoms with Gasteiger partial charge in [0, 0.05) is 0 Å². The third-order valence-electron chi connectivity index (χ3n) is 3.45. The minimum Gasteiger partial charge on any atom is -0.501 e. The van der Waals surface area contributed by atoms with Crippen LogP contribution in [0.3, 0.4) is 0 Å². The van der Waals surface area contributed by atoms with Crippen molar-refractivity contribution < 1.29 is 9.84 Å². The van der Waals surface area contributed by atoms with E-state index in [9.17, 15) is 5.11 Å². The summed E-state index contributed by atoms with van der Waals surface area (Å²) in [4.78, 5) is 0. The van der Waals surface area contributed by atoms with Crippen molar-refractivity contribution in [2.45, 2.75) is 53.1 Å². The SMILES string of the molecule is CC(CC(O)C1=COCCC1)C(C)(C)C. The van der Waals surface area contributed by atoms with E-state index < -0.39 is 0 Å². The molecule has 0 saturated carbocycles. The molecule has 1 rings (SSSR count). The van der Waals surface area contributed by atoms with Crippen LogP contribution in [0.15, 0.2) is 11.8 Å². The molecule has 0 aromatic rings. The van der Waals surface area contributed by atoms with Crippen LogP contribution in [-0.4, -0.2) is 17.8 Å². The van der Waals surface area contributed by atoms with Gasteiger partial charge in [0.2, 0.25) is 0 Å². The molecule has 1 heterocycles. The Morgan fingerprint density at radius 1 is 1.47 bits per heavy atom. The molecule has 0 bridgehead atoms. The van der Waals surface area contributed by atoms with Crippen LogP contribution in [0.5, 0.6) is 0 Å². The number of hydrogen-bond donors (Lipinski definition) is 1. The van der Waals surface area contributed by atoms with Crippen molar-refractivity contribution >= 4 is 0 Å². The molecule has 0 saturated heterocycles. The molecule has 2 atom stereocenters. The van der Waals surface area contributed by atoms with Gasteiger partial charge in [0.15, 0.2) is 0 Å². The molecule has 15 heavy (non-hydrogen) atoms. The Balaban J connectivity index is 2.47. The van der Waals surface area contributed by atoms with Gasteiger partial charge in [-0.05, 0) is 36.2 Å². The summed E-state index contributed by atoms with van der Waals surface area (Å²) in [5.41, 5.74) is 1.33. The Labute approximate surface area is 93.3 Å². The smallest absolute Gasteiger partial charge is 0.0876 e. The van der Waals surface area contributed by atoms with Crippen molar-refractivity contribution in [3.63, 3.8) is 0 Å². The molecular formula is C13H24O2. The molecule has 2 unspecified atom stereocenters. The molecule has 1 aliphatic rings.